The molecule has 0 bridgehead atoms. The summed E-state index contributed by atoms with van der Waals surface area (Å²) in [4.78, 5) is 26.2. The molecule has 1 aliphatic heterocycles. The van der Waals surface area contributed by atoms with Gasteiger partial charge >= 0.3 is 65.1 Å². The van der Waals surface area contributed by atoms with E-state index in [1.54, 1.807) is 18.2 Å². The number of H-pyrrole nitrogens is 1. The Labute approximate surface area is 231 Å². The summed E-state index contributed by atoms with van der Waals surface area (Å²) in [7, 11) is 0.267. The van der Waals surface area contributed by atoms with Gasteiger partial charge in [-0.1, -0.05) is 59.6 Å². The van der Waals surface area contributed by atoms with E-state index in [0.717, 1.165) is 23.4 Å². The van der Waals surface area contributed by atoms with Crippen LogP contribution in [0.2, 0.25) is 0 Å². The van der Waals surface area contributed by atoms with Gasteiger partial charge in [0.05, 0.1) is 15.8 Å². The van der Waals surface area contributed by atoms with Crippen LogP contribution in [0.5, 0.6) is 11.5 Å². The van der Waals surface area contributed by atoms with Crippen molar-refractivity contribution in [2.45, 2.75) is 6.42 Å². The SMILES string of the molecule is COC(=O)c1ccc2[nH][c-]nc2c1.O=P[O-].[Na+].[Na+].c1ccc2c(c1)Cc1ccccc1O2. The molecule has 1 aromatic heterocycles. The maximum atomic E-state index is 11.1. The molecule has 0 spiro atoms. The second-order valence-corrected chi connectivity index (χ2v) is 6.29. The van der Waals surface area contributed by atoms with Crippen molar-refractivity contribution in [2.75, 3.05) is 7.11 Å². The normalized spacial score (nSPS) is 10.3. The van der Waals surface area contributed by atoms with Crippen LogP contribution in [0.3, 0.4) is 0 Å². The molecule has 0 fully saturated rings. The number of imidazole rings is 1. The van der Waals surface area contributed by atoms with Crippen molar-refractivity contribution < 1.29 is 82.8 Å². The summed E-state index contributed by atoms with van der Waals surface area (Å²) in [6, 6.07) is 21.5. The average Bonchev–Trinajstić information content (AvgIpc) is 3.26. The fourth-order valence-corrected chi connectivity index (χ4v) is 2.95. The van der Waals surface area contributed by atoms with Gasteiger partial charge in [0.1, 0.15) is 11.5 Å². The smallest absolute Gasteiger partial charge is 0.772 e. The largest absolute Gasteiger partial charge is 1.00 e. The van der Waals surface area contributed by atoms with Crippen molar-refractivity contribution in [3.63, 3.8) is 0 Å². The van der Waals surface area contributed by atoms with E-state index in [2.05, 4.69) is 45.3 Å². The number of carbonyl (C=O) groups is 1. The van der Waals surface area contributed by atoms with Crippen LogP contribution in [0.1, 0.15) is 21.5 Å². The Balaban J connectivity index is 0.000000271. The number of para-hydroxylation sites is 2. The number of hydrogen-bond donors (Lipinski definition) is 1. The molecule has 0 saturated heterocycles. The van der Waals surface area contributed by atoms with E-state index in [1.165, 1.54) is 18.2 Å². The van der Waals surface area contributed by atoms with E-state index >= 15 is 0 Å². The van der Waals surface area contributed by atoms with E-state index < -0.39 is 8.69 Å². The summed E-state index contributed by atoms with van der Waals surface area (Å²) in [5, 5.41) is 0. The van der Waals surface area contributed by atoms with Crippen LogP contribution in [0.25, 0.3) is 11.0 Å². The van der Waals surface area contributed by atoms with Crippen molar-refractivity contribution in [3.8, 4) is 11.5 Å². The molecule has 1 aliphatic rings. The summed E-state index contributed by atoms with van der Waals surface area (Å²) < 4.78 is 18.7. The Morgan fingerprint density at radius 1 is 1.06 bits per heavy atom. The van der Waals surface area contributed by atoms with Crippen LogP contribution in [0, 0.1) is 6.33 Å². The average molecular weight is 466 g/mol. The first-order chi connectivity index (χ1) is 14.7. The molecule has 1 N–H and O–H groups in total. The van der Waals surface area contributed by atoms with Gasteiger partial charge in [-0.15, -0.1) is 6.07 Å². The minimum atomic E-state index is -1.08. The molecule has 32 heavy (non-hydrogen) atoms. The van der Waals surface area contributed by atoms with E-state index in [9.17, 15) is 4.79 Å². The van der Waals surface area contributed by atoms with Crippen molar-refractivity contribution in [1.29, 1.82) is 0 Å². The van der Waals surface area contributed by atoms with Crippen LogP contribution >= 0.6 is 8.69 Å². The second kappa shape index (κ2) is 14.6. The summed E-state index contributed by atoms with van der Waals surface area (Å²) in [5.41, 5.74) is 4.60. The minimum Gasteiger partial charge on any atom is -0.772 e. The number of esters is 1. The Morgan fingerprint density at radius 2 is 1.62 bits per heavy atom. The van der Waals surface area contributed by atoms with Crippen LogP contribution in [-0.2, 0) is 15.7 Å². The van der Waals surface area contributed by atoms with Crippen LogP contribution < -0.4 is 68.7 Å². The molecule has 2 heterocycles. The maximum absolute atomic E-state index is 11.1. The molecule has 7 nitrogen and oxygen atoms in total. The zero-order valence-electron chi connectivity index (χ0n) is 18.0. The van der Waals surface area contributed by atoms with E-state index in [4.69, 9.17) is 14.2 Å². The molecule has 0 saturated carbocycles. The Bertz CT molecular complexity index is 1080. The van der Waals surface area contributed by atoms with Gasteiger partial charge in [-0.3, -0.25) is 4.57 Å². The Kier molecular flexibility index (Phi) is 13.0. The zero-order valence-corrected chi connectivity index (χ0v) is 22.9. The van der Waals surface area contributed by atoms with E-state index in [1.807, 2.05) is 24.3 Å². The second-order valence-electron chi connectivity index (χ2n) is 6.14. The zero-order chi connectivity index (χ0) is 21.3. The summed E-state index contributed by atoms with van der Waals surface area (Å²) >= 11 is 0. The van der Waals surface area contributed by atoms with E-state index in [-0.39, 0.29) is 65.1 Å². The predicted molar refractivity (Wildman–Crippen MR) is 110 cm³/mol. The third-order valence-corrected chi connectivity index (χ3v) is 4.33. The molecule has 0 atom stereocenters. The Hall–Kier alpha value is -1.54. The van der Waals surface area contributed by atoms with Crippen molar-refractivity contribution in [2.24, 2.45) is 0 Å². The monoisotopic (exact) mass is 466 g/mol. The molecule has 3 aromatic carbocycles. The minimum absolute atomic E-state index is 0. The predicted octanol–water partition coefficient (Wildman–Crippen LogP) is -1.91. The number of benzene rings is 3. The van der Waals surface area contributed by atoms with Crippen LogP contribution in [-0.4, -0.2) is 23.0 Å². The molecule has 152 valence electrons. The number of aromatic amines is 1. The van der Waals surface area contributed by atoms with E-state index in [0.29, 0.717) is 11.1 Å². The molecular weight excluding hydrogens is 449 g/mol. The first-order valence-electron chi connectivity index (χ1n) is 8.89. The fraction of sp³-hybridized carbons (Fsp3) is 0.0909. The first-order valence-corrected chi connectivity index (χ1v) is 9.62. The van der Waals surface area contributed by atoms with Crippen molar-refractivity contribution >= 4 is 25.7 Å². The van der Waals surface area contributed by atoms with Crippen molar-refractivity contribution in [1.82, 2.24) is 9.97 Å². The number of hydrogen-bond acceptors (Lipinski definition) is 6. The van der Waals surface area contributed by atoms with Crippen LogP contribution in [0.15, 0.2) is 66.7 Å². The summed E-state index contributed by atoms with van der Waals surface area (Å²) in [5.74, 6) is 1.63. The van der Waals surface area contributed by atoms with Gasteiger partial charge in [0.25, 0.3) is 0 Å². The molecule has 4 aromatic rings. The van der Waals surface area contributed by atoms with Gasteiger partial charge in [0, 0.05) is 12.0 Å². The van der Waals surface area contributed by atoms with Crippen LogP contribution in [0.4, 0.5) is 0 Å². The molecule has 0 aliphatic carbocycles. The van der Waals surface area contributed by atoms with Crippen molar-refractivity contribution in [3.05, 3.63) is 89.7 Å². The third-order valence-electron chi connectivity index (χ3n) is 4.33. The third kappa shape index (κ3) is 7.51. The number of rotatable bonds is 1. The Morgan fingerprint density at radius 3 is 2.19 bits per heavy atom. The molecule has 0 radical (unpaired) electrons. The first kappa shape index (κ1) is 28.5. The number of aromatic nitrogens is 2. The topological polar surface area (TPSA) is 104 Å². The molecule has 10 heteroatoms. The van der Waals surface area contributed by atoms with Gasteiger partial charge in [-0.25, -0.2) is 4.79 Å². The number of carbonyl (C=O) groups excluding carboxylic acids is 1. The number of ether oxygens (including phenoxy) is 2. The summed E-state index contributed by atoms with van der Waals surface area (Å²) in [6.45, 7) is 0. The van der Waals surface area contributed by atoms with Gasteiger partial charge in [-0.2, -0.15) is 0 Å². The number of nitrogens with one attached hydrogen (secondary N) is 1. The maximum Gasteiger partial charge on any atom is 1.00 e. The fourth-order valence-electron chi connectivity index (χ4n) is 2.95. The van der Waals surface area contributed by atoms with Gasteiger partial charge in [0.15, 0.2) is 0 Å². The number of fused-ring (bicyclic) bond motifs is 3. The van der Waals surface area contributed by atoms with Gasteiger partial charge in [0.2, 0.25) is 0 Å². The molecule has 5 rings (SSSR count). The molecular formula is C22H17N2Na2O5P. The molecule has 0 amide bonds. The summed E-state index contributed by atoms with van der Waals surface area (Å²) in [6.07, 6.45) is 3.57. The molecule has 0 unspecified atom stereocenters. The number of nitrogens with zero attached hydrogens (tertiary/aromatic N) is 1. The van der Waals surface area contributed by atoms with Gasteiger partial charge < -0.3 is 24.3 Å². The number of methoxy groups -OCH3 is 1. The quantitative estimate of drug-likeness (QED) is 0.134. The standard InChI is InChI=1S/C13H10O.C9H7N2O2.2Na.HO2P/c1-3-7-12-10(5-1)9-11-6-2-4-8-13(11)14-12;1-13-9(12)6-2-3-7-8(4-6)11-5-10-7;;;1-3-2/h1-8H,9H2;2-4H,1H3,(H,10,11);;;(H,1,2)/q;-1;2*+1;/p-1. The van der Waals surface area contributed by atoms with Gasteiger partial charge in [-0.05, 0) is 29.6 Å².